The maximum Gasteiger partial charge on any atom is -1.00 e. The molecular formula is C45H58Cl2P2Zr. The number of fused-ring (bicyclic) bond motifs is 2. The third kappa shape index (κ3) is 8.72. The molecule has 4 aliphatic rings. The smallest absolute Gasteiger partial charge is 1.00 e. The van der Waals surface area contributed by atoms with E-state index in [4.69, 9.17) is 0 Å². The monoisotopic (exact) mass is 820 g/mol. The van der Waals surface area contributed by atoms with Gasteiger partial charge in [0.1, 0.15) is 0 Å². The molecule has 0 saturated carbocycles. The van der Waals surface area contributed by atoms with Gasteiger partial charge < -0.3 is 24.8 Å². The second-order valence-electron chi connectivity index (χ2n) is 14.4. The van der Waals surface area contributed by atoms with Crippen molar-refractivity contribution in [2.24, 2.45) is 11.8 Å². The van der Waals surface area contributed by atoms with Gasteiger partial charge in [-0.3, -0.25) is 0 Å². The van der Waals surface area contributed by atoms with Gasteiger partial charge in [0, 0.05) is 0 Å². The van der Waals surface area contributed by atoms with E-state index in [1.807, 2.05) is 6.56 Å². The first-order valence-corrected chi connectivity index (χ1v) is 25.6. The number of rotatable bonds is 16. The Labute approximate surface area is 327 Å². The third-order valence-electron chi connectivity index (χ3n) is 10.6. The predicted octanol–water partition coefficient (Wildman–Crippen LogP) is 7.53. The summed E-state index contributed by atoms with van der Waals surface area (Å²) in [6.07, 6.45) is 26.6. The van der Waals surface area contributed by atoms with Crippen molar-refractivity contribution in [2.75, 3.05) is 0 Å². The fourth-order valence-corrected chi connectivity index (χ4v) is 23.3. The molecular weight excluding hydrogens is 765 g/mol. The number of hydrogen-bond donors (Lipinski definition) is 0. The van der Waals surface area contributed by atoms with Crippen LogP contribution >= 0.6 is 15.8 Å². The first-order valence-electron chi connectivity index (χ1n) is 19.2. The van der Waals surface area contributed by atoms with Gasteiger partial charge in [0.15, 0.2) is 0 Å². The summed E-state index contributed by atoms with van der Waals surface area (Å²) in [5.41, 5.74) is 3.52. The molecule has 0 nitrogen and oxygen atoms in total. The minimum Gasteiger partial charge on any atom is -1.00 e. The summed E-state index contributed by atoms with van der Waals surface area (Å²) >= 11 is -2.45. The molecule has 0 radical (unpaired) electrons. The summed E-state index contributed by atoms with van der Waals surface area (Å²) in [5.74, 6) is 1.09. The van der Waals surface area contributed by atoms with Crippen molar-refractivity contribution in [1.82, 2.24) is 0 Å². The summed E-state index contributed by atoms with van der Waals surface area (Å²) in [7, 11) is -0.797. The molecule has 0 amide bonds. The van der Waals surface area contributed by atoms with E-state index in [9.17, 15) is 0 Å². The normalized spacial score (nSPS) is 21.8. The van der Waals surface area contributed by atoms with Crippen LogP contribution in [0.25, 0.3) is 0 Å². The number of unbranched alkanes of at least 4 members (excludes halogenated alkanes) is 4. The molecule has 0 spiro atoms. The molecule has 2 aromatic rings. The number of benzene rings is 2. The molecule has 0 N–H and O–H groups in total. The van der Waals surface area contributed by atoms with Gasteiger partial charge in [-0.1, -0.05) is 0 Å². The molecule has 0 fully saturated rings. The van der Waals surface area contributed by atoms with Gasteiger partial charge in [-0.25, -0.2) is 0 Å². The predicted molar refractivity (Wildman–Crippen MR) is 214 cm³/mol. The van der Waals surface area contributed by atoms with E-state index in [-0.39, 0.29) is 24.8 Å². The van der Waals surface area contributed by atoms with E-state index in [0.29, 0.717) is 11.8 Å². The van der Waals surface area contributed by atoms with E-state index >= 15 is 0 Å². The van der Waals surface area contributed by atoms with Crippen molar-refractivity contribution in [2.45, 2.75) is 119 Å². The fraction of sp³-hybridized carbons (Fsp3) is 0.444. The largest absolute Gasteiger partial charge is 1.00 e. The zero-order valence-electron chi connectivity index (χ0n) is 31.4. The van der Waals surface area contributed by atoms with E-state index in [2.05, 4.69) is 127 Å². The first kappa shape index (κ1) is 41.8. The van der Waals surface area contributed by atoms with Gasteiger partial charge >= 0.3 is 305 Å². The van der Waals surface area contributed by atoms with Crippen LogP contribution in [-0.2, 0) is 21.3 Å². The molecule has 0 bridgehead atoms. The second-order valence-corrected chi connectivity index (χ2v) is 25.9. The van der Waals surface area contributed by atoms with Gasteiger partial charge in [0.05, 0.1) is 0 Å². The summed E-state index contributed by atoms with van der Waals surface area (Å²) in [6, 6.07) is 23.2. The van der Waals surface area contributed by atoms with Crippen LogP contribution in [0.5, 0.6) is 0 Å². The van der Waals surface area contributed by atoms with Crippen molar-refractivity contribution < 1.29 is 46.1 Å². The Kier molecular flexibility index (Phi) is 16.7. The molecule has 5 heteroatoms. The maximum absolute atomic E-state index is 2.83. The molecule has 0 saturated heterocycles. The Morgan fingerprint density at radius 1 is 0.540 bits per heavy atom. The van der Waals surface area contributed by atoms with E-state index in [1.54, 1.807) is 46.2 Å². The van der Waals surface area contributed by atoms with Crippen LogP contribution < -0.4 is 35.4 Å². The van der Waals surface area contributed by atoms with Crippen LogP contribution in [-0.4, -0.2) is 3.21 Å². The average Bonchev–Trinajstić information content (AvgIpc) is 3.83. The second kappa shape index (κ2) is 19.9. The molecule has 4 atom stereocenters. The van der Waals surface area contributed by atoms with E-state index in [0.717, 1.165) is 0 Å². The summed E-state index contributed by atoms with van der Waals surface area (Å²) in [5, 5.41) is 10.2. The van der Waals surface area contributed by atoms with Gasteiger partial charge in [-0.15, -0.1) is 0 Å². The Morgan fingerprint density at radius 2 is 0.900 bits per heavy atom. The van der Waals surface area contributed by atoms with Crippen LogP contribution in [0.4, 0.5) is 0 Å². The molecule has 4 unspecified atom stereocenters. The van der Waals surface area contributed by atoms with Gasteiger partial charge in [0.25, 0.3) is 0 Å². The van der Waals surface area contributed by atoms with Gasteiger partial charge in [-0.05, 0) is 0 Å². The average molecular weight is 823 g/mol. The molecule has 2 heterocycles. The molecule has 50 heavy (non-hydrogen) atoms. The van der Waals surface area contributed by atoms with Crippen LogP contribution in [0.1, 0.15) is 119 Å². The molecule has 0 aromatic heterocycles. The number of halogens is 2. The quantitative estimate of drug-likeness (QED) is 0.154. The van der Waals surface area contributed by atoms with Crippen molar-refractivity contribution >= 4 is 29.7 Å². The topological polar surface area (TPSA) is 0 Å². The maximum atomic E-state index is 2.83. The van der Waals surface area contributed by atoms with Crippen molar-refractivity contribution in [3.8, 4) is 0 Å². The molecule has 2 aliphatic carbocycles. The third-order valence-corrected chi connectivity index (χ3v) is 24.2. The van der Waals surface area contributed by atoms with E-state index < -0.39 is 37.1 Å². The Balaban J connectivity index is 0.00000281. The van der Waals surface area contributed by atoms with Crippen LogP contribution in [0.15, 0.2) is 124 Å². The van der Waals surface area contributed by atoms with Gasteiger partial charge in [-0.2, -0.15) is 0 Å². The van der Waals surface area contributed by atoms with Crippen LogP contribution in [0.3, 0.4) is 0 Å². The number of hydrogen-bond acceptors (Lipinski definition) is 0. The SMILES string of the molecule is CCCCC1=CC2C(=CC(CCCC)=[C]2[Zr+2]([C]2=C(CCCC)C=C3C2C=C(CCCC)P3c2ccccc2)=[C](C)C)P1c1ccccc1.[Cl-].[Cl-]. The fourth-order valence-electron chi connectivity index (χ4n) is 8.35. The van der Waals surface area contributed by atoms with Crippen molar-refractivity contribution in [3.05, 3.63) is 124 Å². The summed E-state index contributed by atoms with van der Waals surface area (Å²) < 4.78 is 5.69. The Bertz CT molecular complexity index is 1570. The molecule has 266 valence electrons. The first-order chi connectivity index (χ1) is 23.5. The number of allylic oxidation sites excluding steroid dienone is 12. The minimum atomic E-state index is -2.45. The minimum absolute atomic E-state index is 0. The van der Waals surface area contributed by atoms with E-state index in [1.165, 1.54) is 77.0 Å². The summed E-state index contributed by atoms with van der Waals surface area (Å²) in [6.45, 7) is 14.6. The standard InChI is InChI=1S/2C21H26P.C3H6.2ClH.Zr/c2*1-3-5-10-17-14-18-16-20(11-6-4-2)22(21(18)15-17)19-12-8-7-9-13-19;1-3-2;;;/h2*7-9,12-13,15-16,18H,3-6,10-11H2,1-2H3;1-2H3;2*1H;/q;;;;;+2/p-2. The van der Waals surface area contributed by atoms with Crippen LogP contribution in [0, 0.1) is 11.8 Å². The Hall–Kier alpha value is -0.927. The van der Waals surface area contributed by atoms with Crippen LogP contribution in [0.2, 0.25) is 0 Å². The molecule has 2 aromatic carbocycles. The van der Waals surface area contributed by atoms with Crippen molar-refractivity contribution in [3.63, 3.8) is 0 Å². The van der Waals surface area contributed by atoms with Gasteiger partial charge in [0.2, 0.25) is 0 Å². The van der Waals surface area contributed by atoms with Crippen molar-refractivity contribution in [1.29, 1.82) is 0 Å². The Morgan fingerprint density at radius 3 is 1.24 bits per heavy atom. The summed E-state index contributed by atoms with van der Waals surface area (Å²) in [4.78, 5) is 0. The zero-order valence-corrected chi connectivity index (χ0v) is 37.1. The molecule has 6 rings (SSSR count). The zero-order chi connectivity index (χ0) is 33.6. The molecule has 2 aliphatic heterocycles.